The van der Waals surface area contributed by atoms with E-state index in [-0.39, 0.29) is 37.0 Å². The Labute approximate surface area is 190 Å². The number of nitrogens with one attached hydrogen (secondary N) is 2. The molecule has 0 spiro atoms. The highest BCUT2D eigenvalue weighted by Gasteiger charge is 2.37. The Morgan fingerprint density at radius 1 is 1.09 bits per heavy atom. The van der Waals surface area contributed by atoms with Crippen molar-refractivity contribution in [1.82, 2.24) is 19.8 Å². The van der Waals surface area contributed by atoms with Crippen molar-refractivity contribution in [3.63, 3.8) is 0 Å². The number of amides is 4. The van der Waals surface area contributed by atoms with Crippen LogP contribution >= 0.6 is 0 Å². The van der Waals surface area contributed by atoms with E-state index in [0.29, 0.717) is 17.1 Å². The maximum absolute atomic E-state index is 12.6. The van der Waals surface area contributed by atoms with Crippen LogP contribution in [-0.2, 0) is 23.2 Å². The van der Waals surface area contributed by atoms with Gasteiger partial charge in [-0.25, -0.2) is 9.78 Å². The molecule has 0 radical (unpaired) electrons. The van der Waals surface area contributed by atoms with Gasteiger partial charge in [-0.15, -0.1) is 0 Å². The van der Waals surface area contributed by atoms with Crippen LogP contribution < -0.4 is 10.6 Å². The van der Waals surface area contributed by atoms with Gasteiger partial charge in [-0.1, -0.05) is 42.5 Å². The fourth-order valence-electron chi connectivity index (χ4n) is 3.64. The van der Waals surface area contributed by atoms with Gasteiger partial charge in [0.1, 0.15) is 6.04 Å². The number of carbonyl (C=O) groups excluding carboxylic acids is 4. The molecule has 1 aliphatic rings. The van der Waals surface area contributed by atoms with Gasteiger partial charge in [-0.2, -0.15) is 0 Å². The Bertz CT molecular complexity index is 1200. The van der Waals surface area contributed by atoms with Crippen LogP contribution in [-0.4, -0.2) is 44.1 Å². The molecule has 0 bridgehead atoms. The normalized spacial score (nSPS) is 15.4. The summed E-state index contributed by atoms with van der Waals surface area (Å²) in [5, 5.41) is 5.38. The number of anilines is 1. The molecule has 2 heterocycles. The number of carbonyl (C=O) groups is 4. The zero-order chi connectivity index (χ0) is 23.4. The van der Waals surface area contributed by atoms with E-state index in [2.05, 4.69) is 15.6 Å². The second-order valence-electron chi connectivity index (χ2n) is 7.77. The van der Waals surface area contributed by atoms with Crippen LogP contribution in [0, 0.1) is 0 Å². The molecule has 3 aromatic rings. The zero-order valence-electron chi connectivity index (χ0n) is 18.0. The van der Waals surface area contributed by atoms with Crippen molar-refractivity contribution < 1.29 is 19.2 Å². The van der Waals surface area contributed by atoms with Gasteiger partial charge < -0.3 is 15.2 Å². The summed E-state index contributed by atoms with van der Waals surface area (Å²) >= 11 is 0. The molecule has 4 amide bonds. The Morgan fingerprint density at radius 3 is 2.61 bits per heavy atom. The van der Waals surface area contributed by atoms with Crippen LogP contribution in [0.1, 0.15) is 34.6 Å². The summed E-state index contributed by atoms with van der Waals surface area (Å²) in [6.45, 7) is 0.186. The highest BCUT2D eigenvalue weighted by atomic mass is 16.2. The first kappa shape index (κ1) is 21.9. The smallest absolute Gasteiger partial charge is 0.325 e. The van der Waals surface area contributed by atoms with E-state index in [9.17, 15) is 19.2 Å². The summed E-state index contributed by atoms with van der Waals surface area (Å²) in [5.41, 5.74) is 1.71. The molecular weight excluding hydrogens is 422 g/mol. The van der Waals surface area contributed by atoms with Crippen molar-refractivity contribution in [2.24, 2.45) is 7.05 Å². The van der Waals surface area contributed by atoms with Gasteiger partial charge in [0, 0.05) is 37.1 Å². The summed E-state index contributed by atoms with van der Waals surface area (Å²) < 4.78 is 1.63. The first-order valence-corrected chi connectivity index (χ1v) is 10.5. The monoisotopic (exact) mass is 445 g/mol. The van der Waals surface area contributed by atoms with Crippen molar-refractivity contribution >= 4 is 29.3 Å². The topological polar surface area (TPSA) is 113 Å². The lowest BCUT2D eigenvalue weighted by Crippen LogP contribution is -2.31. The van der Waals surface area contributed by atoms with Gasteiger partial charge in [-0.05, 0) is 24.1 Å². The zero-order valence-corrected chi connectivity index (χ0v) is 18.0. The van der Waals surface area contributed by atoms with E-state index in [4.69, 9.17) is 0 Å². The first-order valence-electron chi connectivity index (χ1n) is 10.5. The van der Waals surface area contributed by atoms with Crippen molar-refractivity contribution in [2.45, 2.75) is 25.4 Å². The molecule has 1 saturated heterocycles. The van der Waals surface area contributed by atoms with Gasteiger partial charge in [0.15, 0.2) is 5.82 Å². The van der Waals surface area contributed by atoms with Crippen molar-refractivity contribution in [3.8, 4) is 0 Å². The SMILES string of the molecule is Cn1ccnc1C(=O)c1cccc(NC(=O)CC[C@@H]2NC(=O)N(Cc3ccccc3)C2=O)c1. The van der Waals surface area contributed by atoms with Crippen LogP contribution in [0.3, 0.4) is 0 Å². The summed E-state index contributed by atoms with van der Waals surface area (Å²) in [6, 6.07) is 14.6. The third-order valence-electron chi connectivity index (χ3n) is 5.38. The molecule has 0 unspecified atom stereocenters. The Balaban J connectivity index is 1.32. The molecule has 168 valence electrons. The van der Waals surface area contributed by atoms with E-state index >= 15 is 0 Å². The average Bonchev–Trinajstić information content (AvgIpc) is 3.36. The maximum atomic E-state index is 12.6. The largest absolute Gasteiger partial charge is 0.331 e. The maximum Gasteiger partial charge on any atom is 0.325 e. The number of hydrogen-bond acceptors (Lipinski definition) is 5. The fraction of sp³-hybridized carbons (Fsp3) is 0.208. The number of ketones is 1. The lowest BCUT2D eigenvalue weighted by Gasteiger charge is -2.13. The number of nitrogens with zero attached hydrogens (tertiary/aromatic N) is 3. The molecule has 4 rings (SSSR count). The molecule has 9 heteroatoms. The number of aromatic nitrogens is 2. The van der Waals surface area contributed by atoms with Gasteiger partial charge in [0.2, 0.25) is 11.7 Å². The minimum absolute atomic E-state index is 0.0351. The second-order valence-corrected chi connectivity index (χ2v) is 7.77. The minimum atomic E-state index is -0.747. The van der Waals surface area contributed by atoms with Gasteiger partial charge in [-0.3, -0.25) is 19.3 Å². The van der Waals surface area contributed by atoms with E-state index in [0.717, 1.165) is 10.5 Å². The van der Waals surface area contributed by atoms with E-state index in [1.165, 1.54) is 0 Å². The van der Waals surface area contributed by atoms with Crippen molar-refractivity contribution in [3.05, 3.63) is 83.9 Å². The molecule has 1 fully saturated rings. The molecule has 1 aromatic heterocycles. The minimum Gasteiger partial charge on any atom is -0.331 e. The van der Waals surface area contributed by atoms with E-state index < -0.39 is 12.1 Å². The Hall–Kier alpha value is -4.27. The summed E-state index contributed by atoms with van der Waals surface area (Å²) in [4.78, 5) is 55.1. The predicted molar refractivity (Wildman–Crippen MR) is 120 cm³/mol. The Kier molecular flexibility index (Phi) is 6.30. The molecule has 0 aliphatic carbocycles. The number of rotatable bonds is 8. The van der Waals surface area contributed by atoms with Gasteiger partial charge in [0.25, 0.3) is 5.91 Å². The quantitative estimate of drug-likeness (QED) is 0.409. The number of imidazole rings is 1. The molecule has 2 N–H and O–H groups in total. The van der Waals surface area contributed by atoms with Crippen LogP contribution in [0.15, 0.2) is 67.0 Å². The number of aryl methyl sites for hydroxylation is 1. The molecule has 33 heavy (non-hydrogen) atoms. The molecule has 2 aromatic carbocycles. The number of hydrogen-bond donors (Lipinski definition) is 2. The van der Waals surface area contributed by atoms with E-state index in [1.807, 2.05) is 30.3 Å². The average molecular weight is 445 g/mol. The van der Waals surface area contributed by atoms with Crippen molar-refractivity contribution in [1.29, 1.82) is 0 Å². The molecule has 1 aliphatic heterocycles. The number of benzene rings is 2. The van der Waals surface area contributed by atoms with Gasteiger partial charge in [0.05, 0.1) is 6.54 Å². The molecule has 9 nitrogen and oxygen atoms in total. The van der Waals surface area contributed by atoms with Crippen LogP contribution in [0.4, 0.5) is 10.5 Å². The lowest BCUT2D eigenvalue weighted by atomic mass is 10.1. The highest BCUT2D eigenvalue weighted by Crippen LogP contribution is 2.17. The predicted octanol–water partition coefficient (Wildman–Crippen LogP) is 2.49. The number of urea groups is 1. The third-order valence-corrected chi connectivity index (χ3v) is 5.38. The van der Waals surface area contributed by atoms with Crippen LogP contribution in [0.25, 0.3) is 0 Å². The summed E-state index contributed by atoms with van der Waals surface area (Å²) in [7, 11) is 1.73. The highest BCUT2D eigenvalue weighted by molar-refractivity contribution is 6.07. The van der Waals surface area contributed by atoms with Crippen LogP contribution in [0.5, 0.6) is 0 Å². The van der Waals surface area contributed by atoms with Crippen molar-refractivity contribution in [2.75, 3.05) is 5.32 Å². The molecular formula is C24H23N5O4. The van der Waals surface area contributed by atoms with Crippen LogP contribution in [0.2, 0.25) is 0 Å². The van der Waals surface area contributed by atoms with E-state index in [1.54, 1.807) is 48.3 Å². The first-order chi connectivity index (χ1) is 15.9. The molecule has 1 atom stereocenters. The fourth-order valence-corrected chi connectivity index (χ4v) is 3.64. The standard InChI is InChI=1S/C24H23N5O4/c1-28-13-12-25-22(28)21(31)17-8-5-9-18(14-17)26-20(30)11-10-19-23(32)29(24(33)27-19)15-16-6-3-2-4-7-16/h2-9,12-14,19H,10-11,15H2,1H3,(H,26,30)(H,27,33)/t19-/m0/s1. The van der Waals surface area contributed by atoms with Gasteiger partial charge >= 0.3 is 6.03 Å². The lowest BCUT2D eigenvalue weighted by molar-refractivity contribution is -0.128. The number of imide groups is 1. The summed E-state index contributed by atoms with van der Waals surface area (Å²) in [5.74, 6) is -0.621. The Morgan fingerprint density at radius 2 is 1.88 bits per heavy atom. The third kappa shape index (κ3) is 4.98. The summed E-state index contributed by atoms with van der Waals surface area (Å²) in [6.07, 6.45) is 3.44. The molecule has 0 saturated carbocycles. The second kappa shape index (κ2) is 9.47.